The van der Waals surface area contributed by atoms with E-state index in [-0.39, 0.29) is 6.03 Å². The molecule has 2 N–H and O–H groups in total. The van der Waals surface area contributed by atoms with Gasteiger partial charge in [-0.05, 0) is 73.1 Å². The molecule has 5 heteroatoms. The van der Waals surface area contributed by atoms with E-state index in [4.69, 9.17) is 9.47 Å². The van der Waals surface area contributed by atoms with E-state index in [2.05, 4.69) is 22.8 Å². The molecule has 0 heterocycles. The van der Waals surface area contributed by atoms with Gasteiger partial charge in [0.25, 0.3) is 0 Å². The number of rotatable bonds is 8. The number of methoxy groups -OCH3 is 1. The highest BCUT2D eigenvalue weighted by molar-refractivity contribution is 5.73. The average molecular weight is 368 g/mol. The highest BCUT2D eigenvalue weighted by atomic mass is 16.5. The van der Waals surface area contributed by atoms with Crippen molar-refractivity contribution in [3.8, 4) is 11.5 Å². The van der Waals surface area contributed by atoms with Crippen LogP contribution in [0.5, 0.6) is 11.5 Å². The Morgan fingerprint density at radius 1 is 0.926 bits per heavy atom. The minimum absolute atomic E-state index is 0.169. The first-order valence-corrected chi connectivity index (χ1v) is 9.64. The minimum atomic E-state index is -0.169. The van der Waals surface area contributed by atoms with Crippen LogP contribution in [0.4, 0.5) is 4.79 Å². The fourth-order valence-electron chi connectivity index (χ4n) is 3.31. The van der Waals surface area contributed by atoms with Gasteiger partial charge in [-0.3, -0.25) is 0 Å². The monoisotopic (exact) mass is 368 g/mol. The van der Waals surface area contributed by atoms with Crippen molar-refractivity contribution >= 4 is 6.03 Å². The van der Waals surface area contributed by atoms with Crippen LogP contribution in [-0.2, 0) is 19.3 Å². The van der Waals surface area contributed by atoms with Crippen LogP contribution in [-0.4, -0.2) is 32.8 Å². The number of fused-ring (bicyclic) bond motifs is 1. The number of carbonyl (C=O) groups is 1. The number of nitrogens with one attached hydrogen (secondary N) is 2. The summed E-state index contributed by atoms with van der Waals surface area (Å²) in [6.45, 7) is 1.53. The molecule has 144 valence electrons. The van der Waals surface area contributed by atoms with Crippen LogP contribution in [0.1, 0.15) is 29.5 Å². The summed E-state index contributed by atoms with van der Waals surface area (Å²) < 4.78 is 10.9. The number of carbonyl (C=O) groups excluding carboxylic acids is 1. The number of urea groups is 1. The van der Waals surface area contributed by atoms with Crippen molar-refractivity contribution in [1.82, 2.24) is 10.6 Å². The predicted octanol–water partition coefficient (Wildman–Crippen LogP) is 3.49. The van der Waals surface area contributed by atoms with E-state index in [9.17, 15) is 4.79 Å². The molecule has 0 bridgehead atoms. The maximum Gasteiger partial charge on any atom is 0.314 e. The first-order valence-electron chi connectivity index (χ1n) is 9.64. The van der Waals surface area contributed by atoms with Gasteiger partial charge in [-0.2, -0.15) is 0 Å². The predicted molar refractivity (Wildman–Crippen MR) is 107 cm³/mol. The summed E-state index contributed by atoms with van der Waals surface area (Å²) >= 11 is 0. The van der Waals surface area contributed by atoms with Gasteiger partial charge in [0.15, 0.2) is 0 Å². The van der Waals surface area contributed by atoms with Gasteiger partial charge in [0.1, 0.15) is 18.1 Å². The number of hydrogen-bond acceptors (Lipinski definition) is 3. The molecular weight excluding hydrogens is 340 g/mol. The van der Waals surface area contributed by atoms with Gasteiger partial charge in [-0.1, -0.05) is 18.2 Å². The Morgan fingerprint density at radius 2 is 1.63 bits per heavy atom. The van der Waals surface area contributed by atoms with Gasteiger partial charge < -0.3 is 20.1 Å². The zero-order valence-electron chi connectivity index (χ0n) is 15.9. The first kappa shape index (κ1) is 19.1. The van der Waals surface area contributed by atoms with Crippen LogP contribution in [0, 0.1) is 0 Å². The summed E-state index contributed by atoms with van der Waals surface area (Å²) in [5.41, 5.74) is 4.01. The first-order chi connectivity index (χ1) is 13.2. The van der Waals surface area contributed by atoms with E-state index in [0.717, 1.165) is 29.9 Å². The lowest BCUT2D eigenvalue weighted by atomic mass is 9.92. The molecule has 1 aliphatic rings. The molecule has 0 aliphatic heterocycles. The average Bonchev–Trinajstić information content (AvgIpc) is 2.71. The largest absolute Gasteiger partial charge is 0.497 e. The van der Waals surface area contributed by atoms with Crippen molar-refractivity contribution in [3.63, 3.8) is 0 Å². The number of aryl methyl sites for hydroxylation is 2. The summed E-state index contributed by atoms with van der Waals surface area (Å²) in [6, 6.07) is 14.0. The van der Waals surface area contributed by atoms with Crippen molar-refractivity contribution in [2.24, 2.45) is 0 Å². The molecule has 0 aromatic heterocycles. The normalized spacial score (nSPS) is 12.8. The molecule has 0 saturated carbocycles. The Hall–Kier alpha value is -2.69. The smallest absolute Gasteiger partial charge is 0.314 e. The molecule has 0 saturated heterocycles. The van der Waals surface area contributed by atoms with Crippen LogP contribution in [0.25, 0.3) is 0 Å². The number of ether oxygens (including phenoxy) is 2. The van der Waals surface area contributed by atoms with Crippen LogP contribution in [0.3, 0.4) is 0 Å². The number of hydrogen-bond donors (Lipinski definition) is 2. The zero-order valence-corrected chi connectivity index (χ0v) is 15.9. The van der Waals surface area contributed by atoms with Gasteiger partial charge in [-0.15, -0.1) is 0 Å². The lowest BCUT2D eigenvalue weighted by Crippen LogP contribution is -2.38. The van der Waals surface area contributed by atoms with Gasteiger partial charge in [0.2, 0.25) is 0 Å². The molecule has 0 fully saturated rings. The maximum atomic E-state index is 11.8. The molecule has 3 rings (SSSR count). The van der Waals surface area contributed by atoms with Crippen LogP contribution < -0.4 is 20.1 Å². The van der Waals surface area contributed by atoms with E-state index in [0.29, 0.717) is 19.7 Å². The SMILES string of the molecule is COc1ccc(CCNC(=O)NCCOc2ccc3c(c2)CCCC3)cc1. The standard InChI is InChI=1S/C22H28N2O3/c1-26-20-9-6-17(7-10-20)12-13-23-22(25)24-14-15-27-21-11-8-18-4-2-3-5-19(18)16-21/h6-11,16H,2-5,12-15H2,1H3,(H2,23,24,25). The fourth-order valence-corrected chi connectivity index (χ4v) is 3.31. The lowest BCUT2D eigenvalue weighted by molar-refractivity contribution is 0.236. The Bertz CT molecular complexity index is 744. The highest BCUT2D eigenvalue weighted by Crippen LogP contribution is 2.25. The third kappa shape index (κ3) is 5.91. The topological polar surface area (TPSA) is 59.6 Å². The van der Waals surface area contributed by atoms with Crippen LogP contribution in [0.2, 0.25) is 0 Å². The highest BCUT2D eigenvalue weighted by Gasteiger charge is 2.09. The van der Waals surface area contributed by atoms with Crippen molar-refractivity contribution in [3.05, 3.63) is 59.2 Å². The summed E-state index contributed by atoms with van der Waals surface area (Å²) in [7, 11) is 1.65. The molecule has 0 radical (unpaired) electrons. The van der Waals surface area contributed by atoms with E-state index in [1.54, 1.807) is 7.11 Å². The molecular formula is C22H28N2O3. The number of amides is 2. The Kier molecular flexibility index (Phi) is 6.97. The van der Waals surface area contributed by atoms with Crippen LogP contribution >= 0.6 is 0 Å². The Morgan fingerprint density at radius 3 is 2.41 bits per heavy atom. The molecule has 5 nitrogen and oxygen atoms in total. The van der Waals surface area contributed by atoms with Gasteiger partial charge in [0.05, 0.1) is 13.7 Å². The second kappa shape index (κ2) is 9.86. The lowest BCUT2D eigenvalue weighted by Gasteiger charge is -2.17. The Balaban J connectivity index is 1.30. The molecule has 2 amide bonds. The van der Waals surface area contributed by atoms with Crippen molar-refractivity contribution < 1.29 is 14.3 Å². The van der Waals surface area contributed by atoms with Crippen molar-refractivity contribution in [2.45, 2.75) is 32.1 Å². The molecule has 1 aliphatic carbocycles. The summed E-state index contributed by atoms with van der Waals surface area (Å²) in [5, 5.41) is 5.69. The minimum Gasteiger partial charge on any atom is -0.497 e. The van der Waals surface area contributed by atoms with Gasteiger partial charge in [-0.25, -0.2) is 4.79 Å². The van der Waals surface area contributed by atoms with Crippen molar-refractivity contribution in [2.75, 3.05) is 26.8 Å². The summed E-state index contributed by atoms with van der Waals surface area (Å²) in [6.07, 6.45) is 5.64. The van der Waals surface area contributed by atoms with Gasteiger partial charge >= 0.3 is 6.03 Å². The molecule has 2 aromatic rings. The molecule has 0 spiro atoms. The summed E-state index contributed by atoms with van der Waals surface area (Å²) in [4.78, 5) is 11.8. The zero-order chi connectivity index (χ0) is 18.9. The molecule has 27 heavy (non-hydrogen) atoms. The molecule has 0 atom stereocenters. The maximum absolute atomic E-state index is 11.8. The molecule has 0 unspecified atom stereocenters. The number of benzene rings is 2. The fraction of sp³-hybridized carbons (Fsp3) is 0.409. The third-order valence-electron chi connectivity index (χ3n) is 4.83. The quantitative estimate of drug-likeness (QED) is 0.701. The van der Waals surface area contributed by atoms with E-state index >= 15 is 0 Å². The molecule has 2 aromatic carbocycles. The van der Waals surface area contributed by atoms with E-state index < -0.39 is 0 Å². The second-order valence-corrected chi connectivity index (χ2v) is 6.77. The Labute approximate surface area is 161 Å². The van der Waals surface area contributed by atoms with Crippen LogP contribution in [0.15, 0.2) is 42.5 Å². The summed E-state index contributed by atoms with van der Waals surface area (Å²) in [5.74, 6) is 1.72. The van der Waals surface area contributed by atoms with E-state index in [1.165, 1.54) is 30.4 Å². The third-order valence-corrected chi connectivity index (χ3v) is 4.83. The van der Waals surface area contributed by atoms with Gasteiger partial charge in [0, 0.05) is 6.54 Å². The second-order valence-electron chi connectivity index (χ2n) is 6.77. The van der Waals surface area contributed by atoms with Crippen molar-refractivity contribution in [1.29, 1.82) is 0 Å². The van der Waals surface area contributed by atoms with E-state index in [1.807, 2.05) is 30.3 Å².